The van der Waals surface area contributed by atoms with Gasteiger partial charge >= 0.3 is 6.09 Å². The summed E-state index contributed by atoms with van der Waals surface area (Å²) in [6, 6.07) is 0. The van der Waals surface area contributed by atoms with Gasteiger partial charge in [0.1, 0.15) is 17.7 Å². The van der Waals surface area contributed by atoms with Crippen molar-refractivity contribution < 1.29 is 9.53 Å². The van der Waals surface area contributed by atoms with Gasteiger partial charge in [0.15, 0.2) is 5.65 Å². The molecule has 0 aliphatic carbocycles. The Morgan fingerprint density at radius 2 is 2.14 bits per heavy atom. The predicted molar refractivity (Wildman–Crippen MR) is 75.0 cm³/mol. The third-order valence-corrected chi connectivity index (χ3v) is 4.35. The molecule has 110 valence electrons. The Kier molecular flexibility index (Phi) is 2.54. The zero-order chi connectivity index (χ0) is 14.4. The van der Waals surface area contributed by atoms with Crippen LogP contribution in [0.2, 0.25) is 0 Å². The second kappa shape index (κ2) is 4.31. The van der Waals surface area contributed by atoms with Crippen LogP contribution < -0.4 is 10.2 Å². The zero-order valence-electron chi connectivity index (χ0n) is 11.7. The van der Waals surface area contributed by atoms with Gasteiger partial charge in [0, 0.05) is 33.0 Å². The number of carbonyl (C=O) groups is 1. The van der Waals surface area contributed by atoms with E-state index in [0.717, 1.165) is 42.8 Å². The predicted octanol–water partition coefficient (Wildman–Crippen LogP) is 0.442. The largest absolute Gasteiger partial charge is 0.441 e. The van der Waals surface area contributed by atoms with Crippen LogP contribution in [-0.2, 0) is 11.8 Å². The normalized spacial score (nSPS) is 20.8. The van der Waals surface area contributed by atoms with Gasteiger partial charge in [-0.1, -0.05) is 0 Å². The van der Waals surface area contributed by atoms with Crippen molar-refractivity contribution in [3.8, 4) is 0 Å². The molecule has 8 heteroatoms. The van der Waals surface area contributed by atoms with Crippen LogP contribution in [0.1, 0.15) is 12.8 Å². The highest BCUT2D eigenvalue weighted by molar-refractivity contribution is 5.86. The molecule has 2 aliphatic heterocycles. The number of ether oxygens (including phenoxy) is 1. The lowest BCUT2D eigenvalue weighted by molar-refractivity contribution is 0.0366. The van der Waals surface area contributed by atoms with Crippen molar-refractivity contribution in [3.63, 3.8) is 0 Å². The number of alkyl carbamates (subject to hydrolysis) is 1. The highest BCUT2D eigenvalue weighted by Gasteiger charge is 2.43. The molecular formula is C13H16N6O2. The van der Waals surface area contributed by atoms with E-state index in [1.807, 2.05) is 7.05 Å². The highest BCUT2D eigenvalue weighted by atomic mass is 16.6. The van der Waals surface area contributed by atoms with E-state index in [2.05, 4.69) is 25.3 Å². The molecule has 0 aromatic carbocycles. The maximum absolute atomic E-state index is 11.3. The Morgan fingerprint density at radius 3 is 2.86 bits per heavy atom. The molecule has 1 N–H and O–H groups in total. The molecule has 0 radical (unpaired) electrons. The van der Waals surface area contributed by atoms with E-state index in [0.29, 0.717) is 6.54 Å². The molecule has 2 aromatic rings. The Balaban J connectivity index is 1.59. The van der Waals surface area contributed by atoms with Crippen LogP contribution in [0.3, 0.4) is 0 Å². The average molecular weight is 288 g/mol. The summed E-state index contributed by atoms with van der Waals surface area (Å²) in [6.45, 7) is 2.21. The third kappa shape index (κ3) is 1.90. The number of nitrogens with zero attached hydrogens (tertiary/aromatic N) is 5. The molecule has 1 spiro atoms. The first-order valence-electron chi connectivity index (χ1n) is 7.01. The molecule has 21 heavy (non-hydrogen) atoms. The van der Waals surface area contributed by atoms with Crippen LogP contribution in [0.5, 0.6) is 0 Å². The second-order valence-electron chi connectivity index (χ2n) is 5.62. The van der Waals surface area contributed by atoms with Crippen molar-refractivity contribution in [2.24, 2.45) is 7.05 Å². The summed E-state index contributed by atoms with van der Waals surface area (Å²) in [5.41, 5.74) is 0.489. The van der Waals surface area contributed by atoms with Crippen LogP contribution >= 0.6 is 0 Å². The minimum Gasteiger partial charge on any atom is -0.441 e. The molecule has 0 saturated carbocycles. The fourth-order valence-corrected chi connectivity index (χ4v) is 3.11. The first-order chi connectivity index (χ1) is 10.2. The number of piperidine rings is 1. The van der Waals surface area contributed by atoms with Crippen molar-refractivity contribution >= 4 is 22.9 Å². The third-order valence-electron chi connectivity index (χ3n) is 4.35. The summed E-state index contributed by atoms with van der Waals surface area (Å²) in [7, 11) is 1.87. The van der Waals surface area contributed by atoms with E-state index in [1.165, 1.54) is 0 Å². The van der Waals surface area contributed by atoms with Crippen molar-refractivity contribution in [3.05, 3.63) is 12.5 Å². The molecule has 2 aromatic heterocycles. The number of rotatable bonds is 1. The molecule has 4 rings (SSSR count). The van der Waals surface area contributed by atoms with E-state index >= 15 is 0 Å². The molecule has 2 aliphatic rings. The summed E-state index contributed by atoms with van der Waals surface area (Å²) < 4.78 is 7.18. The van der Waals surface area contributed by atoms with Gasteiger partial charge in [-0.3, -0.25) is 4.68 Å². The number of amides is 1. The molecule has 0 unspecified atom stereocenters. The fraction of sp³-hybridized carbons (Fsp3) is 0.538. The maximum Gasteiger partial charge on any atom is 0.407 e. The first-order valence-corrected chi connectivity index (χ1v) is 7.01. The monoisotopic (exact) mass is 288 g/mol. The molecule has 2 fully saturated rings. The van der Waals surface area contributed by atoms with Crippen LogP contribution in [-0.4, -0.2) is 51.1 Å². The van der Waals surface area contributed by atoms with Gasteiger partial charge in [-0.2, -0.15) is 5.10 Å². The lowest BCUT2D eigenvalue weighted by Gasteiger charge is -2.37. The standard InChI is InChI=1S/C13H16N6O2/c1-18-10-9(6-17-18)11(16-8-15-10)19-4-2-13(3-5-19)7-14-12(20)21-13/h6,8H,2-5,7H2,1H3,(H,14,20). The Morgan fingerprint density at radius 1 is 1.33 bits per heavy atom. The van der Waals surface area contributed by atoms with Crippen LogP contribution in [0.15, 0.2) is 12.5 Å². The van der Waals surface area contributed by atoms with Crippen molar-refractivity contribution in [2.45, 2.75) is 18.4 Å². The van der Waals surface area contributed by atoms with Crippen LogP contribution in [0.4, 0.5) is 10.6 Å². The first kappa shape index (κ1) is 12.4. The van der Waals surface area contributed by atoms with Gasteiger partial charge in [-0.25, -0.2) is 14.8 Å². The van der Waals surface area contributed by atoms with Crippen molar-refractivity contribution in [1.29, 1.82) is 0 Å². The SMILES string of the molecule is Cn1ncc2c(N3CCC4(CC3)CNC(=O)O4)ncnc21. The second-order valence-corrected chi connectivity index (χ2v) is 5.62. The van der Waals surface area contributed by atoms with Gasteiger partial charge in [0.25, 0.3) is 0 Å². The number of aryl methyl sites for hydroxylation is 1. The average Bonchev–Trinajstić information content (AvgIpc) is 3.04. The van der Waals surface area contributed by atoms with Crippen LogP contribution in [0.25, 0.3) is 11.0 Å². The van der Waals surface area contributed by atoms with Gasteiger partial charge in [-0.15, -0.1) is 0 Å². The van der Waals surface area contributed by atoms with E-state index in [9.17, 15) is 4.79 Å². The van der Waals surface area contributed by atoms with E-state index in [-0.39, 0.29) is 11.7 Å². The van der Waals surface area contributed by atoms with E-state index in [4.69, 9.17) is 4.74 Å². The number of nitrogens with one attached hydrogen (secondary N) is 1. The number of hydrogen-bond acceptors (Lipinski definition) is 6. The van der Waals surface area contributed by atoms with Crippen LogP contribution in [0, 0.1) is 0 Å². The number of anilines is 1. The van der Waals surface area contributed by atoms with Crippen molar-refractivity contribution in [1.82, 2.24) is 25.1 Å². The number of aromatic nitrogens is 4. The summed E-state index contributed by atoms with van der Waals surface area (Å²) in [5.74, 6) is 0.903. The van der Waals surface area contributed by atoms with E-state index < -0.39 is 0 Å². The Bertz CT molecular complexity index is 704. The lowest BCUT2D eigenvalue weighted by Crippen LogP contribution is -2.47. The van der Waals surface area contributed by atoms with Gasteiger partial charge in [-0.05, 0) is 0 Å². The number of hydrogen-bond donors (Lipinski definition) is 1. The minimum atomic E-state index is -0.339. The summed E-state index contributed by atoms with van der Waals surface area (Å²) >= 11 is 0. The highest BCUT2D eigenvalue weighted by Crippen LogP contribution is 2.32. The number of fused-ring (bicyclic) bond motifs is 1. The molecule has 1 amide bonds. The van der Waals surface area contributed by atoms with E-state index in [1.54, 1.807) is 17.2 Å². The lowest BCUT2D eigenvalue weighted by atomic mass is 9.91. The summed E-state index contributed by atoms with van der Waals surface area (Å²) in [6.07, 6.45) is 4.67. The molecular weight excluding hydrogens is 272 g/mol. The molecule has 0 atom stereocenters. The molecule has 8 nitrogen and oxygen atoms in total. The topological polar surface area (TPSA) is 85.2 Å². The Hall–Kier alpha value is -2.38. The fourth-order valence-electron chi connectivity index (χ4n) is 3.11. The molecule has 2 saturated heterocycles. The zero-order valence-corrected chi connectivity index (χ0v) is 11.7. The summed E-state index contributed by atoms with van der Waals surface area (Å²) in [4.78, 5) is 22.2. The van der Waals surface area contributed by atoms with Gasteiger partial charge < -0.3 is 15.0 Å². The summed E-state index contributed by atoms with van der Waals surface area (Å²) in [5, 5.41) is 7.95. The minimum absolute atomic E-state index is 0.305. The smallest absolute Gasteiger partial charge is 0.407 e. The Labute approximate surface area is 121 Å². The van der Waals surface area contributed by atoms with Crippen molar-refractivity contribution in [2.75, 3.05) is 24.5 Å². The molecule has 0 bridgehead atoms. The quantitative estimate of drug-likeness (QED) is 0.819. The number of carbonyl (C=O) groups excluding carboxylic acids is 1. The van der Waals surface area contributed by atoms with Gasteiger partial charge in [0.05, 0.1) is 18.1 Å². The molecule has 4 heterocycles. The maximum atomic E-state index is 11.3. The van der Waals surface area contributed by atoms with Gasteiger partial charge in [0.2, 0.25) is 0 Å².